The Balaban J connectivity index is 1.89. The number of nitrogens with two attached hydrogens (primary N) is 1. The second-order valence-electron chi connectivity index (χ2n) is 5.73. The topological polar surface area (TPSA) is 136 Å². The molecule has 0 spiro atoms. The number of aliphatic hydroxyl groups excluding tert-OH is 1. The quantitative estimate of drug-likeness (QED) is 0.445. The van der Waals surface area contributed by atoms with Gasteiger partial charge in [-0.05, 0) is 51.6 Å². The molecular weight excluding hydrogens is 460 g/mol. The lowest BCUT2D eigenvalue weighted by atomic mass is 10.2. The number of benzene rings is 1. The number of nitrogens with one attached hydrogen (secondary N) is 1. The predicted molar refractivity (Wildman–Crippen MR) is 107 cm³/mol. The number of hydrogen-bond acceptors (Lipinski definition) is 7. The van der Waals surface area contributed by atoms with Crippen LogP contribution in [-0.2, 0) is 16.6 Å². The van der Waals surface area contributed by atoms with Crippen LogP contribution < -0.4 is 10.5 Å². The Morgan fingerprint density at radius 2 is 2.11 bits per heavy atom. The molecule has 0 atom stereocenters. The molecule has 12 heteroatoms. The summed E-state index contributed by atoms with van der Waals surface area (Å²) in [7, 11) is -3.56. The Bertz CT molecular complexity index is 1090. The normalized spacial score (nSPS) is 11.8. The number of aromatic nitrogens is 4. The molecule has 2 aromatic heterocycles. The zero-order chi connectivity index (χ0) is 19.6. The van der Waals surface area contributed by atoms with Crippen LogP contribution in [0.15, 0.2) is 28.9 Å². The van der Waals surface area contributed by atoms with E-state index in [1.54, 1.807) is 23.0 Å². The number of nitrogen functional groups attached to an aromatic ring is 1. The van der Waals surface area contributed by atoms with Gasteiger partial charge in [0.15, 0.2) is 5.65 Å². The first-order valence-corrected chi connectivity index (χ1v) is 10.7. The third-order valence-corrected chi connectivity index (χ3v) is 5.92. The zero-order valence-corrected chi connectivity index (χ0v) is 17.1. The molecule has 2 heterocycles. The lowest BCUT2D eigenvalue weighted by molar-refractivity contribution is 0.295. The highest BCUT2D eigenvalue weighted by Gasteiger charge is 2.14. The minimum absolute atomic E-state index is 0.0230. The van der Waals surface area contributed by atoms with Gasteiger partial charge in [-0.1, -0.05) is 6.07 Å². The standard InChI is InChI=1S/C15H16BrClN6O3S/c16-11-3-2-9(6-12(11)22-27(25,26)5-1-4-24)8-23-14-10(7-19-23)13(18)20-15(17)21-14/h2-3,6-7,22,24H,1,4-5,8H2,(H2,18,20,21). The summed E-state index contributed by atoms with van der Waals surface area (Å²) in [6, 6.07) is 5.26. The summed E-state index contributed by atoms with van der Waals surface area (Å²) >= 11 is 9.21. The van der Waals surface area contributed by atoms with Crippen molar-refractivity contribution < 1.29 is 13.5 Å². The van der Waals surface area contributed by atoms with Gasteiger partial charge in [0.05, 0.1) is 29.6 Å². The number of rotatable bonds is 7. The Morgan fingerprint density at radius 1 is 1.33 bits per heavy atom. The lowest BCUT2D eigenvalue weighted by Crippen LogP contribution is -2.18. The predicted octanol–water partition coefficient (Wildman–Crippen LogP) is 2.00. The summed E-state index contributed by atoms with van der Waals surface area (Å²) < 4.78 is 28.9. The van der Waals surface area contributed by atoms with Crippen LogP contribution in [0.1, 0.15) is 12.0 Å². The van der Waals surface area contributed by atoms with Gasteiger partial charge in [-0.15, -0.1) is 0 Å². The highest BCUT2D eigenvalue weighted by atomic mass is 79.9. The van der Waals surface area contributed by atoms with E-state index in [2.05, 4.69) is 35.7 Å². The average molecular weight is 476 g/mol. The molecule has 0 bridgehead atoms. The fourth-order valence-corrected chi connectivity index (χ4v) is 4.22. The van der Waals surface area contributed by atoms with E-state index in [0.29, 0.717) is 27.7 Å². The fourth-order valence-electron chi connectivity index (χ4n) is 2.46. The molecule has 27 heavy (non-hydrogen) atoms. The molecule has 4 N–H and O–H groups in total. The molecule has 3 rings (SSSR count). The van der Waals surface area contributed by atoms with Crippen molar-refractivity contribution in [1.82, 2.24) is 19.7 Å². The van der Waals surface area contributed by atoms with E-state index in [0.717, 1.165) is 5.56 Å². The zero-order valence-electron chi connectivity index (χ0n) is 13.9. The van der Waals surface area contributed by atoms with Crippen LogP contribution in [0.2, 0.25) is 5.28 Å². The summed E-state index contributed by atoms with van der Waals surface area (Å²) in [6.07, 6.45) is 1.71. The van der Waals surface area contributed by atoms with Gasteiger partial charge in [0.1, 0.15) is 5.82 Å². The van der Waals surface area contributed by atoms with Gasteiger partial charge in [-0.25, -0.2) is 18.1 Å². The van der Waals surface area contributed by atoms with Crippen molar-refractivity contribution >= 4 is 60.1 Å². The van der Waals surface area contributed by atoms with E-state index < -0.39 is 10.0 Å². The van der Waals surface area contributed by atoms with Gasteiger partial charge < -0.3 is 10.8 Å². The monoisotopic (exact) mass is 474 g/mol. The van der Waals surface area contributed by atoms with Gasteiger partial charge in [0.2, 0.25) is 15.3 Å². The summed E-state index contributed by atoms with van der Waals surface area (Å²) in [6.45, 7) is 0.136. The maximum atomic E-state index is 12.1. The van der Waals surface area contributed by atoms with E-state index in [1.807, 2.05) is 6.07 Å². The van der Waals surface area contributed by atoms with Crippen molar-refractivity contribution in [2.24, 2.45) is 0 Å². The highest BCUT2D eigenvalue weighted by molar-refractivity contribution is 9.10. The number of sulfonamides is 1. The smallest absolute Gasteiger partial charge is 0.232 e. The van der Waals surface area contributed by atoms with Crippen molar-refractivity contribution in [1.29, 1.82) is 0 Å². The fraction of sp³-hybridized carbons (Fsp3) is 0.267. The lowest BCUT2D eigenvalue weighted by Gasteiger charge is -2.11. The van der Waals surface area contributed by atoms with E-state index in [1.165, 1.54) is 0 Å². The third-order valence-electron chi connectivity index (χ3n) is 3.70. The first-order valence-electron chi connectivity index (χ1n) is 7.83. The number of anilines is 2. The minimum Gasteiger partial charge on any atom is -0.396 e. The van der Waals surface area contributed by atoms with Crippen LogP contribution >= 0.6 is 27.5 Å². The molecule has 0 fully saturated rings. The number of hydrogen-bond donors (Lipinski definition) is 3. The number of halogens is 2. The van der Waals surface area contributed by atoms with Crippen LogP contribution in [-0.4, -0.2) is 45.6 Å². The van der Waals surface area contributed by atoms with Gasteiger partial charge in [0, 0.05) is 11.1 Å². The van der Waals surface area contributed by atoms with Crippen LogP contribution in [0, 0.1) is 0 Å². The van der Waals surface area contributed by atoms with E-state index in [-0.39, 0.29) is 29.9 Å². The number of aliphatic hydroxyl groups is 1. The molecule has 0 aliphatic rings. The Hall–Kier alpha value is -1.95. The van der Waals surface area contributed by atoms with Crippen molar-refractivity contribution in [3.63, 3.8) is 0 Å². The summed E-state index contributed by atoms with van der Waals surface area (Å²) in [5.41, 5.74) is 7.50. The van der Waals surface area contributed by atoms with Crippen molar-refractivity contribution in [3.05, 3.63) is 39.7 Å². The first kappa shape index (κ1) is 19.8. The molecule has 0 radical (unpaired) electrons. The maximum Gasteiger partial charge on any atom is 0.232 e. The van der Waals surface area contributed by atoms with Crippen LogP contribution in [0.4, 0.5) is 11.5 Å². The molecule has 0 amide bonds. The molecule has 0 aliphatic heterocycles. The second-order valence-corrected chi connectivity index (χ2v) is 8.76. The Labute approximate surface area is 168 Å². The molecule has 0 unspecified atom stereocenters. The van der Waals surface area contributed by atoms with Crippen molar-refractivity contribution in [2.45, 2.75) is 13.0 Å². The van der Waals surface area contributed by atoms with Crippen LogP contribution in [0.3, 0.4) is 0 Å². The SMILES string of the molecule is Nc1nc(Cl)nc2c1cnn2Cc1ccc(Br)c(NS(=O)(=O)CCCO)c1. The van der Waals surface area contributed by atoms with Crippen LogP contribution in [0.25, 0.3) is 11.0 Å². The van der Waals surface area contributed by atoms with Gasteiger partial charge in [0.25, 0.3) is 0 Å². The molecule has 0 saturated heterocycles. The largest absolute Gasteiger partial charge is 0.396 e. The molecule has 144 valence electrons. The van der Waals surface area contributed by atoms with Gasteiger partial charge >= 0.3 is 0 Å². The number of nitrogens with zero attached hydrogens (tertiary/aromatic N) is 4. The maximum absolute atomic E-state index is 12.1. The summed E-state index contributed by atoms with van der Waals surface area (Å²) in [5.74, 6) is 0.0722. The van der Waals surface area contributed by atoms with E-state index >= 15 is 0 Å². The Kier molecular flexibility index (Phi) is 5.84. The van der Waals surface area contributed by atoms with Crippen molar-refractivity contribution in [3.8, 4) is 0 Å². The van der Waals surface area contributed by atoms with Gasteiger partial charge in [-0.2, -0.15) is 10.1 Å². The molecular formula is C15H16BrClN6O3S. The Morgan fingerprint density at radius 3 is 2.85 bits per heavy atom. The molecule has 1 aromatic carbocycles. The molecule has 9 nitrogen and oxygen atoms in total. The average Bonchev–Trinajstić information content (AvgIpc) is 2.99. The van der Waals surface area contributed by atoms with Gasteiger partial charge in [-0.3, -0.25) is 4.72 Å². The molecule has 0 aliphatic carbocycles. The first-order chi connectivity index (χ1) is 12.8. The second kappa shape index (κ2) is 7.97. The molecule has 3 aromatic rings. The third kappa shape index (κ3) is 4.67. The number of fused-ring (bicyclic) bond motifs is 1. The van der Waals surface area contributed by atoms with Crippen molar-refractivity contribution in [2.75, 3.05) is 22.8 Å². The molecule has 0 saturated carbocycles. The summed E-state index contributed by atoms with van der Waals surface area (Å²) in [5, 5.41) is 13.7. The summed E-state index contributed by atoms with van der Waals surface area (Å²) in [4.78, 5) is 8.05. The van der Waals surface area contributed by atoms with E-state index in [9.17, 15) is 8.42 Å². The highest BCUT2D eigenvalue weighted by Crippen LogP contribution is 2.26. The van der Waals surface area contributed by atoms with E-state index in [4.69, 9.17) is 22.4 Å². The van der Waals surface area contributed by atoms with Crippen LogP contribution in [0.5, 0.6) is 0 Å². The minimum atomic E-state index is -3.56.